The Kier molecular flexibility index (Phi) is 9.17. The van der Waals surface area contributed by atoms with E-state index in [2.05, 4.69) is 10.0 Å². The minimum absolute atomic E-state index is 0.0833. The molecule has 8 heteroatoms. The third-order valence-corrected chi connectivity index (χ3v) is 5.55. The molecule has 0 unspecified atom stereocenters. The molecule has 2 N–H and O–H groups in total. The number of carbonyl (C=O) groups excluding carboxylic acids is 2. The van der Waals surface area contributed by atoms with Gasteiger partial charge in [-0.25, -0.2) is 8.42 Å². The van der Waals surface area contributed by atoms with E-state index in [-0.39, 0.29) is 24.0 Å². The first-order valence-corrected chi connectivity index (χ1v) is 10.3. The molecule has 1 amide bonds. The molecule has 0 radical (unpaired) electrons. The van der Waals surface area contributed by atoms with Gasteiger partial charge in [0.1, 0.15) is 19.2 Å². The number of hydrogen-bond acceptors (Lipinski definition) is 5. The zero-order valence-corrected chi connectivity index (χ0v) is 17.0. The molecule has 0 aromatic heterocycles. The molecule has 0 bridgehead atoms. The predicted molar refractivity (Wildman–Crippen MR) is 104 cm³/mol. The number of esters is 1. The van der Waals surface area contributed by atoms with Crippen LogP contribution in [0.15, 0.2) is 41.3 Å². The van der Waals surface area contributed by atoms with Crippen LogP contribution in [0.1, 0.15) is 32.8 Å². The van der Waals surface area contributed by atoms with Crippen LogP contribution in [-0.2, 0) is 24.3 Å². The first-order chi connectivity index (χ1) is 12.7. The van der Waals surface area contributed by atoms with Crippen molar-refractivity contribution in [1.82, 2.24) is 10.0 Å². The van der Waals surface area contributed by atoms with Gasteiger partial charge in [0.2, 0.25) is 15.9 Å². The van der Waals surface area contributed by atoms with Crippen molar-refractivity contribution in [2.24, 2.45) is 5.92 Å². The van der Waals surface area contributed by atoms with Gasteiger partial charge in [0.25, 0.3) is 0 Å². The number of hydrogen-bond donors (Lipinski definition) is 2. The lowest BCUT2D eigenvalue weighted by molar-refractivity contribution is -0.143. The van der Waals surface area contributed by atoms with Gasteiger partial charge in [-0.15, -0.1) is 0 Å². The maximum atomic E-state index is 12.6. The lowest BCUT2D eigenvalue weighted by Crippen LogP contribution is -2.51. The highest BCUT2D eigenvalue weighted by Gasteiger charge is 2.29. The van der Waals surface area contributed by atoms with E-state index in [0.717, 1.165) is 5.56 Å². The van der Waals surface area contributed by atoms with Crippen LogP contribution in [0.4, 0.5) is 0 Å². The van der Waals surface area contributed by atoms with E-state index in [4.69, 9.17) is 4.74 Å². The van der Waals surface area contributed by atoms with E-state index >= 15 is 0 Å². The summed E-state index contributed by atoms with van der Waals surface area (Å²) in [6, 6.07) is 5.36. The average molecular weight is 397 g/mol. The van der Waals surface area contributed by atoms with Crippen molar-refractivity contribution < 1.29 is 22.7 Å². The molecule has 150 valence electrons. The highest BCUT2D eigenvalue weighted by Crippen LogP contribution is 2.15. The second kappa shape index (κ2) is 10.8. The summed E-state index contributed by atoms with van der Waals surface area (Å²) in [7, 11) is -3.87. The van der Waals surface area contributed by atoms with Crippen molar-refractivity contribution >= 4 is 21.9 Å². The Hall–Kier alpha value is -2.19. The van der Waals surface area contributed by atoms with Crippen LogP contribution in [0.5, 0.6) is 0 Å². The fraction of sp³-hybridized carbons (Fsp3) is 0.474. The van der Waals surface area contributed by atoms with Crippen LogP contribution < -0.4 is 10.0 Å². The van der Waals surface area contributed by atoms with Gasteiger partial charge in [0.15, 0.2) is 0 Å². The number of nitrogens with one attached hydrogen (secondary N) is 2. The molecular formula is C19H28N2O5S. The van der Waals surface area contributed by atoms with E-state index in [0.29, 0.717) is 6.42 Å². The van der Waals surface area contributed by atoms with E-state index in [1.807, 2.05) is 13.8 Å². The largest absolute Gasteiger partial charge is 0.460 e. The molecule has 1 rings (SSSR count). The molecule has 1 aromatic carbocycles. The van der Waals surface area contributed by atoms with Crippen molar-refractivity contribution in [1.29, 1.82) is 0 Å². The molecular weight excluding hydrogens is 368 g/mol. The number of allylic oxidation sites excluding steroid dienone is 1. The van der Waals surface area contributed by atoms with Crippen molar-refractivity contribution in [2.75, 3.05) is 13.2 Å². The summed E-state index contributed by atoms with van der Waals surface area (Å²) in [4.78, 5) is 24.2. The van der Waals surface area contributed by atoms with Crippen LogP contribution in [0.2, 0.25) is 0 Å². The first kappa shape index (κ1) is 22.9. The molecule has 0 fully saturated rings. The summed E-state index contributed by atoms with van der Waals surface area (Å²) < 4.78 is 32.6. The summed E-state index contributed by atoms with van der Waals surface area (Å²) in [6.45, 7) is 7.08. The van der Waals surface area contributed by atoms with Crippen molar-refractivity contribution in [3.8, 4) is 0 Å². The van der Waals surface area contributed by atoms with Gasteiger partial charge in [-0.1, -0.05) is 50.1 Å². The van der Waals surface area contributed by atoms with Crippen LogP contribution >= 0.6 is 0 Å². The lowest BCUT2D eigenvalue weighted by atomic mass is 9.99. The van der Waals surface area contributed by atoms with E-state index in [1.54, 1.807) is 38.1 Å². The van der Waals surface area contributed by atoms with E-state index in [9.17, 15) is 18.0 Å². The van der Waals surface area contributed by atoms with E-state index < -0.39 is 27.9 Å². The number of ether oxygens (including phenoxy) is 1. The molecule has 0 aliphatic carbocycles. The van der Waals surface area contributed by atoms with Gasteiger partial charge in [-0.05, 0) is 31.9 Å². The average Bonchev–Trinajstić information content (AvgIpc) is 2.64. The summed E-state index contributed by atoms with van der Waals surface area (Å²) in [5.74, 6) is -1.42. The summed E-state index contributed by atoms with van der Waals surface area (Å²) in [5, 5.41) is 2.44. The molecule has 0 aliphatic rings. The van der Waals surface area contributed by atoms with E-state index in [1.165, 1.54) is 12.1 Å². The molecule has 1 aromatic rings. The SMILES string of the molecule is C/C=C/COC(=O)CNC(=O)[C@@H](NS(=O)(=O)c1ccc(C)cc1)[C@@H](C)CC. The number of rotatable bonds is 10. The normalized spacial score (nSPS) is 13.9. The minimum Gasteiger partial charge on any atom is -0.460 e. The highest BCUT2D eigenvalue weighted by atomic mass is 32.2. The second-order valence-electron chi connectivity index (χ2n) is 6.27. The topological polar surface area (TPSA) is 102 Å². The summed E-state index contributed by atoms with van der Waals surface area (Å²) in [5.41, 5.74) is 0.932. The molecule has 0 saturated carbocycles. The number of benzene rings is 1. The Labute approximate surface area is 161 Å². The van der Waals surface area contributed by atoms with Gasteiger partial charge in [0, 0.05) is 0 Å². The summed E-state index contributed by atoms with van der Waals surface area (Å²) in [6.07, 6.45) is 3.99. The monoisotopic (exact) mass is 396 g/mol. The fourth-order valence-electron chi connectivity index (χ4n) is 2.17. The van der Waals surface area contributed by atoms with Crippen molar-refractivity contribution in [3.05, 3.63) is 42.0 Å². The van der Waals surface area contributed by atoms with Crippen LogP contribution in [0.3, 0.4) is 0 Å². The van der Waals surface area contributed by atoms with Gasteiger partial charge >= 0.3 is 5.97 Å². The molecule has 27 heavy (non-hydrogen) atoms. The van der Waals surface area contributed by atoms with Crippen molar-refractivity contribution in [3.63, 3.8) is 0 Å². The number of amides is 1. The number of aryl methyl sites for hydroxylation is 1. The number of carbonyl (C=O) groups is 2. The maximum Gasteiger partial charge on any atom is 0.325 e. The smallest absolute Gasteiger partial charge is 0.325 e. The zero-order valence-electron chi connectivity index (χ0n) is 16.2. The third kappa shape index (κ3) is 7.52. The Bertz CT molecular complexity index is 757. The van der Waals surface area contributed by atoms with Gasteiger partial charge in [-0.2, -0.15) is 4.72 Å². The van der Waals surface area contributed by atoms with Gasteiger partial charge < -0.3 is 10.1 Å². The molecule has 0 saturated heterocycles. The molecule has 0 aliphatic heterocycles. The quantitative estimate of drug-likeness (QED) is 0.465. The third-order valence-electron chi connectivity index (χ3n) is 4.09. The van der Waals surface area contributed by atoms with Crippen molar-refractivity contribution in [2.45, 2.75) is 45.1 Å². The molecule has 2 atom stereocenters. The molecule has 0 heterocycles. The van der Waals surface area contributed by atoms with Gasteiger partial charge in [0.05, 0.1) is 4.90 Å². The highest BCUT2D eigenvalue weighted by molar-refractivity contribution is 7.89. The van der Waals surface area contributed by atoms with Crippen LogP contribution in [0.25, 0.3) is 0 Å². The van der Waals surface area contributed by atoms with Gasteiger partial charge in [-0.3, -0.25) is 9.59 Å². The Morgan fingerprint density at radius 1 is 1.22 bits per heavy atom. The zero-order chi connectivity index (χ0) is 20.4. The van der Waals surface area contributed by atoms with Crippen LogP contribution in [0, 0.1) is 12.8 Å². The Morgan fingerprint density at radius 2 is 1.85 bits per heavy atom. The molecule has 7 nitrogen and oxygen atoms in total. The standard InChI is InChI=1S/C19H28N2O5S/c1-5-7-12-26-17(22)13-20-19(23)18(15(4)6-2)21-27(24,25)16-10-8-14(3)9-11-16/h5,7-11,15,18,21H,6,12-13H2,1-4H3,(H,20,23)/b7-5+/t15-,18-/m0/s1. The first-order valence-electron chi connectivity index (χ1n) is 8.84. The maximum absolute atomic E-state index is 12.6. The van der Waals surface area contributed by atoms with Crippen LogP contribution in [-0.4, -0.2) is 39.5 Å². The fourth-order valence-corrected chi connectivity index (χ4v) is 3.48. The Balaban J connectivity index is 2.81. The predicted octanol–water partition coefficient (Wildman–Crippen LogP) is 1.92. The number of sulfonamides is 1. The second-order valence-corrected chi connectivity index (χ2v) is 7.98. The minimum atomic E-state index is -3.87. The Morgan fingerprint density at radius 3 is 2.41 bits per heavy atom. The summed E-state index contributed by atoms with van der Waals surface area (Å²) >= 11 is 0. The molecule has 0 spiro atoms. The lowest BCUT2D eigenvalue weighted by Gasteiger charge is -2.23.